The number of benzene rings is 8. The number of nitrogens with zero attached hydrogens (tertiary/aromatic N) is 3. The standard InChI is InChI=1S/C54H33N3O/c1-4-13-34(14-5-1)38-25-28-48-44(31-38)41-19-10-11-21-47(41)57(48)49-22-12-20-43-51-45(32-39(33-50(51)58-54(43)49)35-15-6-2-7-16-35)40-29-30-55-53-42(40)26-23-37-24-27-46(56-52(37)53)36-17-8-3-9-18-36/h1-33H. The van der Waals surface area contributed by atoms with Crippen LogP contribution in [0.15, 0.2) is 205 Å². The highest BCUT2D eigenvalue weighted by molar-refractivity contribution is 6.20. The van der Waals surface area contributed by atoms with Crippen molar-refractivity contribution in [1.29, 1.82) is 0 Å². The van der Waals surface area contributed by atoms with E-state index in [4.69, 9.17) is 14.4 Å². The van der Waals surface area contributed by atoms with Gasteiger partial charge in [-0.3, -0.25) is 4.98 Å². The Morgan fingerprint density at radius 3 is 1.91 bits per heavy atom. The van der Waals surface area contributed by atoms with Crippen LogP contribution in [0.25, 0.3) is 116 Å². The first-order valence-electron chi connectivity index (χ1n) is 19.6. The summed E-state index contributed by atoms with van der Waals surface area (Å²) >= 11 is 0. The largest absolute Gasteiger partial charge is 0.454 e. The first kappa shape index (κ1) is 32.4. The van der Waals surface area contributed by atoms with Crippen molar-refractivity contribution in [2.75, 3.05) is 0 Å². The maximum Gasteiger partial charge on any atom is 0.159 e. The molecule has 4 nitrogen and oxygen atoms in total. The lowest BCUT2D eigenvalue weighted by Crippen LogP contribution is -1.94. The number of hydrogen-bond donors (Lipinski definition) is 0. The molecule has 4 aromatic heterocycles. The zero-order valence-corrected chi connectivity index (χ0v) is 31.3. The predicted octanol–water partition coefficient (Wildman–Crippen LogP) is 14.4. The first-order valence-corrected chi connectivity index (χ1v) is 19.6. The summed E-state index contributed by atoms with van der Waals surface area (Å²) in [7, 11) is 0. The van der Waals surface area contributed by atoms with Gasteiger partial charge in [-0.25, -0.2) is 4.98 Å². The Balaban J connectivity index is 1.13. The molecule has 58 heavy (non-hydrogen) atoms. The van der Waals surface area contributed by atoms with E-state index in [0.717, 1.165) is 94.0 Å². The Labute approximate surface area is 333 Å². The third-order valence-corrected chi connectivity index (χ3v) is 11.6. The second-order valence-corrected chi connectivity index (χ2v) is 14.9. The van der Waals surface area contributed by atoms with E-state index in [-0.39, 0.29) is 0 Å². The maximum absolute atomic E-state index is 7.12. The van der Waals surface area contributed by atoms with Crippen LogP contribution in [0.1, 0.15) is 0 Å². The van der Waals surface area contributed by atoms with Crippen LogP contribution in [-0.4, -0.2) is 14.5 Å². The second-order valence-electron chi connectivity index (χ2n) is 14.9. The number of fused-ring (bicyclic) bond motifs is 9. The number of hydrogen-bond acceptors (Lipinski definition) is 3. The topological polar surface area (TPSA) is 43.9 Å². The second kappa shape index (κ2) is 12.9. The molecule has 8 aromatic carbocycles. The van der Waals surface area contributed by atoms with E-state index in [1.807, 2.05) is 12.3 Å². The van der Waals surface area contributed by atoms with E-state index in [1.54, 1.807) is 0 Å². The van der Waals surface area contributed by atoms with Crippen LogP contribution in [-0.2, 0) is 0 Å². The van der Waals surface area contributed by atoms with Gasteiger partial charge in [-0.2, -0.15) is 0 Å². The van der Waals surface area contributed by atoms with Crippen LogP contribution in [0.3, 0.4) is 0 Å². The highest BCUT2D eigenvalue weighted by Gasteiger charge is 2.22. The lowest BCUT2D eigenvalue weighted by Gasteiger charge is -2.13. The number of furan rings is 1. The van der Waals surface area contributed by atoms with Gasteiger partial charge in [0, 0.05) is 44.1 Å². The number of rotatable bonds is 5. The summed E-state index contributed by atoms with van der Waals surface area (Å²) < 4.78 is 9.49. The minimum atomic E-state index is 0.834. The Hall–Kier alpha value is -7.82. The van der Waals surface area contributed by atoms with Gasteiger partial charge in [-0.05, 0) is 81.9 Å². The molecule has 0 spiro atoms. The van der Waals surface area contributed by atoms with Crippen molar-refractivity contribution in [1.82, 2.24) is 14.5 Å². The molecular weight excluding hydrogens is 707 g/mol. The van der Waals surface area contributed by atoms with Crippen molar-refractivity contribution >= 4 is 65.6 Å². The van der Waals surface area contributed by atoms with Crippen molar-refractivity contribution in [3.8, 4) is 50.3 Å². The van der Waals surface area contributed by atoms with Crippen LogP contribution in [0.4, 0.5) is 0 Å². The maximum atomic E-state index is 7.12. The zero-order chi connectivity index (χ0) is 38.2. The SMILES string of the molecule is c1ccc(-c2cc(-c3ccnc4c3ccc3ccc(-c5ccccc5)nc34)c3c(c2)oc2c(-n4c5ccccc5c5cc(-c6ccccc6)ccc54)cccc23)cc1. The third kappa shape index (κ3) is 5.02. The Morgan fingerprint density at radius 2 is 1.10 bits per heavy atom. The van der Waals surface area contributed by atoms with Crippen LogP contribution < -0.4 is 0 Å². The van der Waals surface area contributed by atoms with Crippen LogP contribution in [0.5, 0.6) is 0 Å². The average molecular weight is 740 g/mol. The molecule has 0 amide bonds. The van der Waals surface area contributed by atoms with Gasteiger partial charge in [0.2, 0.25) is 0 Å². The summed E-state index contributed by atoms with van der Waals surface area (Å²) in [5.74, 6) is 0. The predicted molar refractivity (Wildman–Crippen MR) is 240 cm³/mol. The van der Waals surface area contributed by atoms with Crippen molar-refractivity contribution in [3.05, 3.63) is 200 Å². The molecule has 0 bridgehead atoms. The molecule has 0 aliphatic heterocycles. The van der Waals surface area contributed by atoms with Crippen molar-refractivity contribution in [3.63, 3.8) is 0 Å². The lowest BCUT2D eigenvalue weighted by molar-refractivity contribution is 0.666. The summed E-state index contributed by atoms with van der Waals surface area (Å²) in [5.41, 5.74) is 15.5. The van der Waals surface area contributed by atoms with E-state index in [0.29, 0.717) is 0 Å². The normalized spacial score (nSPS) is 11.8. The van der Waals surface area contributed by atoms with Gasteiger partial charge in [0.05, 0.1) is 33.4 Å². The lowest BCUT2D eigenvalue weighted by atomic mass is 9.92. The molecule has 0 saturated heterocycles. The molecule has 0 aliphatic rings. The first-order chi connectivity index (χ1) is 28.8. The average Bonchev–Trinajstić information content (AvgIpc) is 3.85. The molecule has 4 heteroatoms. The number of aromatic nitrogens is 3. The summed E-state index contributed by atoms with van der Waals surface area (Å²) in [6.45, 7) is 0. The number of para-hydroxylation sites is 2. The highest BCUT2D eigenvalue weighted by atomic mass is 16.3. The summed E-state index contributed by atoms with van der Waals surface area (Å²) in [6, 6.07) is 68.8. The van der Waals surface area contributed by atoms with Crippen molar-refractivity contribution < 1.29 is 4.42 Å². The zero-order valence-electron chi connectivity index (χ0n) is 31.3. The van der Waals surface area contributed by atoms with E-state index in [9.17, 15) is 0 Å². The fourth-order valence-corrected chi connectivity index (χ4v) is 8.94. The van der Waals surface area contributed by atoms with Crippen LogP contribution in [0.2, 0.25) is 0 Å². The van der Waals surface area contributed by atoms with Crippen molar-refractivity contribution in [2.24, 2.45) is 0 Å². The van der Waals surface area contributed by atoms with Crippen LogP contribution in [0, 0.1) is 0 Å². The van der Waals surface area contributed by atoms with E-state index in [2.05, 4.69) is 193 Å². The molecule has 0 aliphatic carbocycles. The Bertz CT molecular complexity index is 3550. The molecule has 0 N–H and O–H groups in total. The molecule has 270 valence electrons. The van der Waals surface area contributed by atoms with Gasteiger partial charge in [0.15, 0.2) is 5.58 Å². The fraction of sp³-hybridized carbons (Fsp3) is 0. The minimum Gasteiger partial charge on any atom is -0.454 e. The molecular formula is C54H33N3O. The smallest absolute Gasteiger partial charge is 0.159 e. The Morgan fingerprint density at radius 1 is 0.414 bits per heavy atom. The molecule has 0 saturated carbocycles. The molecule has 12 aromatic rings. The van der Waals surface area contributed by atoms with E-state index >= 15 is 0 Å². The summed E-state index contributed by atoms with van der Waals surface area (Å²) in [4.78, 5) is 10.2. The molecule has 0 fully saturated rings. The highest BCUT2D eigenvalue weighted by Crippen LogP contribution is 2.45. The molecule has 0 atom stereocenters. The quantitative estimate of drug-likeness (QED) is 0.165. The van der Waals surface area contributed by atoms with Crippen LogP contribution >= 0.6 is 0 Å². The molecule has 4 heterocycles. The minimum absolute atomic E-state index is 0.834. The summed E-state index contributed by atoms with van der Waals surface area (Å²) in [5, 5.41) is 6.64. The van der Waals surface area contributed by atoms with Gasteiger partial charge in [-0.1, -0.05) is 146 Å². The van der Waals surface area contributed by atoms with Gasteiger partial charge >= 0.3 is 0 Å². The van der Waals surface area contributed by atoms with Crippen molar-refractivity contribution in [2.45, 2.75) is 0 Å². The molecule has 12 rings (SSSR count). The van der Waals surface area contributed by atoms with E-state index in [1.165, 1.54) is 21.9 Å². The van der Waals surface area contributed by atoms with Gasteiger partial charge in [0.25, 0.3) is 0 Å². The fourth-order valence-electron chi connectivity index (χ4n) is 8.94. The van der Waals surface area contributed by atoms with Gasteiger partial charge in [0.1, 0.15) is 5.58 Å². The van der Waals surface area contributed by atoms with Gasteiger partial charge < -0.3 is 8.98 Å². The number of pyridine rings is 2. The summed E-state index contributed by atoms with van der Waals surface area (Å²) in [6.07, 6.45) is 1.92. The molecule has 0 unspecified atom stereocenters. The van der Waals surface area contributed by atoms with E-state index < -0.39 is 0 Å². The Kier molecular flexibility index (Phi) is 7.20. The third-order valence-electron chi connectivity index (χ3n) is 11.6. The molecule has 0 radical (unpaired) electrons. The monoisotopic (exact) mass is 739 g/mol. The van der Waals surface area contributed by atoms with Gasteiger partial charge in [-0.15, -0.1) is 0 Å².